The van der Waals surface area contributed by atoms with E-state index >= 15 is 0 Å². The third-order valence-electron chi connectivity index (χ3n) is 6.75. The van der Waals surface area contributed by atoms with Gasteiger partial charge in [0.2, 0.25) is 5.78 Å². The fourth-order valence-electron chi connectivity index (χ4n) is 4.49. The second-order valence-corrected chi connectivity index (χ2v) is 17.7. The molecule has 0 atom stereocenters. The van der Waals surface area contributed by atoms with Gasteiger partial charge < -0.3 is 14.0 Å². The average Bonchev–Trinajstić information content (AvgIpc) is 3.60. The number of ketones is 1. The predicted molar refractivity (Wildman–Crippen MR) is 171 cm³/mol. The van der Waals surface area contributed by atoms with Crippen LogP contribution in [0.5, 0.6) is 0 Å². The summed E-state index contributed by atoms with van der Waals surface area (Å²) in [6, 6.07) is 28.2. The molecule has 5 rings (SSSR count). The Hall–Kier alpha value is -4.18. The van der Waals surface area contributed by atoms with Crippen molar-refractivity contribution in [3.05, 3.63) is 119 Å². The predicted octanol–water partition coefficient (Wildman–Crippen LogP) is 7.60. The van der Waals surface area contributed by atoms with Gasteiger partial charge in [0.05, 0.1) is 23.9 Å². The van der Waals surface area contributed by atoms with E-state index in [9.17, 15) is 9.59 Å². The first-order valence-corrected chi connectivity index (χ1v) is 18.3. The number of para-hydroxylation sites is 1. The van der Waals surface area contributed by atoms with Crippen molar-refractivity contribution in [1.82, 2.24) is 9.55 Å². The number of aliphatic imine (C=N–C) groups is 1. The maximum atomic E-state index is 13.9. The van der Waals surface area contributed by atoms with Crippen molar-refractivity contribution >= 4 is 52.8 Å². The van der Waals surface area contributed by atoms with Crippen LogP contribution in [0.1, 0.15) is 37.0 Å². The Balaban J connectivity index is 1.54. The lowest BCUT2D eigenvalue weighted by Crippen LogP contribution is -2.21. The summed E-state index contributed by atoms with van der Waals surface area (Å²) in [6.45, 7) is 7.96. The number of aromatic nitrogens is 2. The Bertz CT molecular complexity index is 1700. The standard InChI is InChI=1S/C33H33N3O4SSi/c1-39-33(38)29-31(34-28(23-13-7-5-8-14-23)24-15-9-6-10-16-24)41-32(35-29)30(37)26-21-36(22-40-19-20-42(2,3)4)27-18-12-11-17-25(26)27/h5-18,21H,19-20,22H2,1-4H3. The number of rotatable bonds is 11. The highest BCUT2D eigenvalue weighted by Gasteiger charge is 2.26. The van der Waals surface area contributed by atoms with Gasteiger partial charge in [-0.1, -0.05) is 110 Å². The van der Waals surface area contributed by atoms with Crippen LogP contribution in [0.3, 0.4) is 0 Å². The molecular formula is C33H33N3O4SSi. The lowest BCUT2D eigenvalue weighted by Gasteiger charge is -2.15. The molecule has 3 aromatic carbocycles. The minimum absolute atomic E-state index is 0.00799. The Morgan fingerprint density at radius 2 is 1.52 bits per heavy atom. The minimum atomic E-state index is -1.22. The molecule has 2 heterocycles. The molecule has 0 unspecified atom stereocenters. The van der Waals surface area contributed by atoms with E-state index in [2.05, 4.69) is 24.6 Å². The van der Waals surface area contributed by atoms with Gasteiger partial charge in [-0.25, -0.2) is 14.8 Å². The van der Waals surface area contributed by atoms with Gasteiger partial charge in [-0.2, -0.15) is 0 Å². The largest absolute Gasteiger partial charge is 0.464 e. The molecule has 0 saturated heterocycles. The molecule has 0 fully saturated rings. The van der Waals surface area contributed by atoms with Crippen LogP contribution in [-0.2, 0) is 16.2 Å². The van der Waals surface area contributed by atoms with Gasteiger partial charge in [0.1, 0.15) is 6.73 Å². The van der Waals surface area contributed by atoms with Gasteiger partial charge in [-0.3, -0.25) is 4.79 Å². The number of methoxy groups -OCH3 is 1. The summed E-state index contributed by atoms with van der Waals surface area (Å²) in [6.07, 6.45) is 1.81. The molecule has 0 N–H and O–H groups in total. The van der Waals surface area contributed by atoms with E-state index in [0.29, 0.717) is 29.6 Å². The fourth-order valence-corrected chi connectivity index (χ4v) is 6.14. The van der Waals surface area contributed by atoms with Gasteiger partial charge in [0, 0.05) is 37.4 Å². The number of esters is 1. The molecule has 0 spiro atoms. The minimum Gasteiger partial charge on any atom is -0.464 e. The normalized spacial score (nSPS) is 11.4. The van der Waals surface area contributed by atoms with E-state index in [1.54, 1.807) is 0 Å². The molecule has 0 radical (unpaired) electrons. The van der Waals surface area contributed by atoms with Crippen molar-refractivity contribution in [2.45, 2.75) is 32.4 Å². The summed E-state index contributed by atoms with van der Waals surface area (Å²) in [5, 5.41) is 1.27. The fraction of sp³-hybridized carbons (Fsp3) is 0.212. The van der Waals surface area contributed by atoms with Gasteiger partial charge >= 0.3 is 5.97 Å². The van der Waals surface area contributed by atoms with Gasteiger partial charge in [0.25, 0.3) is 0 Å². The zero-order valence-electron chi connectivity index (χ0n) is 24.2. The average molecular weight is 596 g/mol. The SMILES string of the molecule is COC(=O)c1nc(C(=O)c2cn(COCC[Si](C)(C)C)c3ccccc23)sc1N=C(c1ccccc1)c1ccccc1. The van der Waals surface area contributed by atoms with Crippen LogP contribution in [0.4, 0.5) is 5.00 Å². The smallest absolute Gasteiger partial charge is 0.359 e. The molecule has 214 valence electrons. The first-order chi connectivity index (χ1) is 20.2. The molecule has 0 aliphatic rings. The molecular weight excluding hydrogens is 563 g/mol. The number of hydrogen-bond donors (Lipinski definition) is 0. The zero-order chi connectivity index (χ0) is 29.7. The van der Waals surface area contributed by atoms with E-state index in [4.69, 9.17) is 14.5 Å². The highest BCUT2D eigenvalue weighted by atomic mass is 32.1. The number of nitrogens with zero attached hydrogens (tertiary/aromatic N) is 3. The number of ether oxygens (including phenoxy) is 2. The molecule has 5 aromatic rings. The number of thiazole rings is 1. The topological polar surface area (TPSA) is 82.8 Å². The summed E-state index contributed by atoms with van der Waals surface area (Å²) in [5.41, 5.74) is 3.81. The van der Waals surface area contributed by atoms with Crippen molar-refractivity contribution in [3.8, 4) is 0 Å². The van der Waals surface area contributed by atoms with Crippen LogP contribution in [0, 0.1) is 0 Å². The van der Waals surface area contributed by atoms with E-state index in [1.165, 1.54) is 7.11 Å². The Morgan fingerprint density at radius 3 is 2.14 bits per heavy atom. The summed E-state index contributed by atoms with van der Waals surface area (Å²) in [4.78, 5) is 36.1. The number of hydrogen-bond acceptors (Lipinski definition) is 7. The summed E-state index contributed by atoms with van der Waals surface area (Å²) < 4.78 is 13.0. The number of carbonyl (C=O) groups is 2. The van der Waals surface area contributed by atoms with Crippen LogP contribution in [-0.4, -0.2) is 48.8 Å². The van der Waals surface area contributed by atoms with E-state index in [0.717, 1.165) is 39.4 Å². The first-order valence-electron chi connectivity index (χ1n) is 13.7. The first kappa shape index (κ1) is 29.3. The molecule has 0 bridgehead atoms. The second kappa shape index (κ2) is 12.8. The van der Waals surface area contributed by atoms with E-state index in [-0.39, 0.29) is 16.5 Å². The Morgan fingerprint density at radius 1 is 0.905 bits per heavy atom. The third-order valence-corrected chi connectivity index (χ3v) is 9.40. The van der Waals surface area contributed by atoms with Crippen LogP contribution >= 0.6 is 11.3 Å². The number of benzene rings is 3. The van der Waals surface area contributed by atoms with Crippen LogP contribution < -0.4 is 0 Å². The third kappa shape index (κ3) is 6.65. The van der Waals surface area contributed by atoms with Gasteiger partial charge in [-0.15, -0.1) is 0 Å². The van der Waals surface area contributed by atoms with Crippen LogP contribution in [0.25, 0.3) is 10.9 Å². The molecule has 0 aliphatic heterocycles. The second-order valence-electron chi connectivity index (χ2n) is 11.1. The Kier molecular flexibility index (Phi) is 8.91. The lowest BCUT2D eigenvalue weighted by molar-refractivity contribution is 0.0596. The summed E-state index contributed by atoms with van der Waals surface area (Å²) >= 11 is 1.08. The van der Waals surface area contributed by atoms with Crippen molar-refractivity contribution in [2.75, 3.05) is 13.7 Å². The lowest BCUT2D eigenvalue weighted by atomic mass is 10.0. The van der Waals surface area contributed by atoms with Crippen LogP contribution in [0.15, 0.2) is 96.1 Å². The summed E-state index contributed by atoms with van der Waals surface area (Å²) in [7, 11) is 0.0728. The summed E-state index contributed by atoms with van der Waals surface area (Å²) in [5.74, 6) is -0.938. The molecule has 2 aromatic heterocycles. The Labute approximate surface area is 250 Å². The highest BCUT2D eigenvalue weighted by Crippen LogP contribution is 2.33. The quantitative estimate of drug-likeness (QED) is 0.0516. The van der Waals surface area contributed by atoms with E-state index in [1.807, 2.05) is 95.7 Å². The zero-order valence-corrected chi connectivity index (χ0v) is 26.0. The van der Waals surface area contributed by atoms with Gasteiger partial charge in [-0.05, 0) is 12.1 Å². The molecule has 0 saturated carbocycles. The van der Waals surface area contributed by atoms with Crippen molar-refractivity contribution in [1.29, 1.82) is 0 Å². The highest BCUT2D eigenvalue weighted by molar-refractivity contribution is 7.17. The van der Waals surface area contributed by atoms with Crippen molar-refractivity contribution < 1.29 is 19.1 Å². The molecule has 9 heteroatoms. The van der Waals surface area contributed by atoms with Crippen molar-refractivity contribution in [2.24, 2.45) is 4.99 Å². The molecule has 0 amide bonds. The van der Waals surface area contributed by atoms with Gasteiger partial charge in [0.15, 0.2) is 15.7 Å². The molecule has 0 aliphatic carbocycles. The molecule has 7 nitrogen and oxygen atoms in total. The van der Waals surface area contributed by atoms with E-state index < -0.39 is 14.0 Å². The van der Waals surface area contributed by atoms with Crippen molar-refractivity contribution in [3.63, 3.8) is 0 Å². The number of carbonyl (C=O) groups excluding carboxylic acids is 2. The maximum absolute atomic E-state index is 13.9. The monoisotopic (exact) mass is 595 g/mol. The maximum Gasteiger partial charge on any atom is 0.359 e. The van der Waals surface area contributed by atoms with Crippen LogP contribution in [0.2, 0.25) is 25.7 Å². The number of fused-ring (bicyclic) bond motifs is 1. The molecule has 42 heavy (non-hydrogen) atoms.